The number of nitrogens with zero attached hydrogens (tertiary/aromatic N) is 1. The Kier molecular flexibility index (Phi) is 8.72. The second-order valence-electron chi connectivity index (χ2n) is 5.57. The van der Waals surface area contributed by atoms with E-state index in [4.69, 9.17) is 0 Å². The molecule has 2 nitrogen and oxygen atoms in total. The fraction of sp³-hybridized carbons (Fsp3) is 1.00. The first-order chi connectivity index (χ1) is 8.36. The number of rotatable bonds is 9. The lowest BCUT2D eigenvalue weighted by atomic mass is 9.99. The average Bonchev–Trinajstić information content (AvgIpc) is 2.36. The lowest BCUT2D eigenvalue weighted by Gasteiger charge is -2.30. The normalized spacial score (nSPS) is 21.0. The lowest BCUT2D eigenvalue weighted by Crippen LogP contribution is -2.39. The molecule has 1 unspecified atom stereocenters. The van der Waals surface area contributed by atoms with Crippen molar-refractivity contribution >= 4 is 0 Å². The molecule has 17 heavy (non-hydrogen) atoms. The molecule has 0 aliphatic carbocycles. The van der Waals surface area contributed by atoms with Crippen molar-refractivity contribution in [1.29, 1.82) is 0 Å². The quantitative estimate of drug-likeness (QED) is 0.622. The highest BCUT2D eigenvalue weighted by Gasteiger charge is 2.16. The SMILES string of the molecule is CCCCCCN(CCC)CC1CCCNC1. The largest absolute Gasteiger partial charge is 0.316 e. The first-order valence-electron chi connectivity index (χ1n) is 7.79. The molecule has 0 aromatic carbocycles. The molecule has 0 aromatic rings. The van der Waals surface area contributed by atoms with Crippen molar-refractivity contribution in [3.05, 3.63) is 0 Å². The van der Waals surface area contributed by atoms with Gasteiger partial charge in [-0.05, 0) is 57.8 Å². The molecule has 1 aliphatic rings. The Morgan fingerprint density at radius 2 is 1.94 bits per heavy atom. The molecule has 2 heteroatoms. The summed E-state index contributed by atoms with van der Waals surface area (Å²) in [4.78, 5) is 2.70. The number of piperidine rings is 1. The van der Waals surface area contributed by atoms with Gasteiger partial charge in [-0.2, -0.15) is 0 Å². The highest BCUT2D eigenvalue weighted by molar-refractivity contribution is 4.73. The van der Waals surface area contributed by atoms with Gasteiger partial charge in [0.15, 0.2) is 0 Å². The van der Waals surface area contributed by atoms with Crippen LogP contribution in [0.1, 0.15) is 58.8 Å². The molecule has 0 bridgehead atoms. The first kappa shape index (κ1) is 15.0. The van der Waals surface area contributed by atoms with E-state index in [0.29, 0.717) is 0 Å². The van der Waals surface area contributed by atoms with Gasteiger partial charge in [-0.15, -0.1) is 0 Å². The molecule has 1 saturated heterocycles. The molecule has 1 fully saturated rings. The second-order valence-corrected chi connectivity index (χ2v) is 5.57. The Hall–Kier alpha value is -0.0800. The van der Waals surface area contributed by atoms with Gasteiger partial charge in [0, 0.05) is 6.54 Å². The van der Waals surface area contributed by atoms with Crippen LogP contribution in [0.2, 0.25) is 0 Å². The third-order valence-electron chi connectivity index (χ3n) is 3.78. The van der Waals surface area contributed by atoms with Gasteiger partial charge in [-0.25, -0.2) is 0 Å². The molecule has 0 amide bonds. The molecule has 0 spiro atoms. The zero-order valence-electron chi connectivity index (χ0n) is 12.0. The molecule has 0 radical (unpaired) electrons. The van der Waals surface area contributed by atoms with Crippen molar-refractivity contribution in [3.8, 4) is 0 Å². The van der Waals surface area contributed by atoms with Crippen LogP contribution < -0.4 is 5.32 Å². The zero-order valence-corrected chi connectivity index (χ0v) is 12.0. The van der Waals surface area contributed by atoms with Crippen LogP contribution >= 0.6 is 0 Å². The van der Waals surface area contributed by atoms with E-state index in [-0.39, 0.29) is 0 Å². The number of unbranched alkanes of at least 4 members (excludes halogenated alkanes) is 3. The van der Waals surface area contributed by atoms with Crippen molar-refractivity contribution < 1.29 is 0 Å². The molecular weight excluding hydrogens is 208 g/mol. The summed E-state index contributed by atoms with van der Waals surface area (Å²) >= 11 is 0. The van der Waals surface area contributed by atoms with Gasteiger partial charge >= 0.3 is 0 Å². The summed E-state index contributed by atoms with van der Waals surface area (Å²) in [5.74, 6) is 0.904. The van der Waals surface area contributed by atoms with Crippen LogP contribution in [0.3, 0.4) is 0 Å². The fourth-order valence-electron chi connectivity index (χ4n) is 2.82. The maximum atomic E-state index is 3.53. The van der Waals surface area contributed by atoms with Crippen molar-refractivity contribution in [2.24, 2.45) is 5.92 Å². The summed E-state index contributed by atoms with van der Waals surface area (Å²) in [5.41, 5.74) is 0. The minimum atomic E-state index is 0.904. The molecular formula is C15H32N2. The van der Waals surface area contributed by atoms with Crippen molar-refractivity contribution in [3.63, 3.8) is 0 Å². The van der Waals surface area contributed by atoms with Crippen molar-refractivity contribution in [2.45, 2.75) is 58.8 Å². The van der Waals surface area contributed by atoms with Crippen molar-refractivity contribution in [2.75, 3.05) is 32.7 Å². The second kappa shape index (κ2) is 9.90. The van der Waals surface area contributed by atoms with E-state index in [1.54, 1.807) is 0 Å². The summed E-state index contributed by atoms with van der Waals surface area (Å²) in [6.07, 6.45) is 9.68. The lowest BCUT2D eigenvalue weighted by molar-refractivity contribution is 0.204. The molecule has 102 valence electrons. The summed E-state index contributed by atoms with van der Waals surface area (Å²) in [6, 6.07) is 0. The number of hydrogen-bond donors (Lipinski definition) is 1. The monoisotopic (exact) mass is 240 g/mol. The highest BCUT2D eigenvalue weighted by Crippen LogP contribution is 2.13. The third-order valence-corrected chi connectivity index (χ3v) is 3.78. The van der Waals surface area contributed by atoms with Gasteiger partial charge in [0.25, 0.3) is 0 Å². The summed E-state index contributed by atoms with van der Waals surface area (Å²) in [6.45, 7) is 11.0. The average molecular weight is 240 g/mol. The van der Waals surface area contributed by atoms with Crippen LogP contribution in [0.5, 0.6) is 0 Å². The summed E-state index contributed by atoms with van der Waals surface area (Å²) in [7, 11) is 0. The van der Waals surface area contributed by atoms with Crippen LogP contribution in [-0.2, 0) is 0 Å². The predicted octanol–water partition coefficient (Wildman–Crippen LogP) is 3.28. The molecule has 1 heterocycles. The van der Waals surface area contributed by atoms with Gasteiger partial charge in [0.1, 0.15) is 0 Å². The Balaban J connectivity index is 2.16. The van der Waals surface area contributed by atoms with Crippen LogP contribution in [0.15, 0.2) is 0 Å². The maximum absolute atomic E-state index is 3.53. The maximum Gasteiger partial charge on any atom is 0.00218 e. The number of hydrogen-bond acceptors (Lipinski definition) is 2. The van der Waals surface area contributed by atoms with E-state index in [2.05, 4.69) is 24.1 Å². The van der Waals surface area contributed by atoms with E-state index >= 15 is 0 Å². The Labute approximate surface area is 108 Å². The smallest absolute Gasteiger partial charge is 0.00218 e. The van der Waals surface area contributed by atoms with E-state index in [0.717, 1.165) is 5.92 Å². The Morgan fingerprint density at radius 1 is 1.06 bits per heavy atom. The van der Waals surface area contributed by atoms with Gasteiger partial charge in [0.05, 0.1) is 0 Å². The van der Waals surface area contributed by atoms with E-state index in [9.17, 15) is 0 Å². The standard InChI is InChI=1S/C15H32N2/c1-3-5-6-7-12-17(11-4-2)14-15-9-8-10-16-13-15/h15-16H,3-14H2,1-2H3. The minimum Gasteiger partial charge on any atom is -0.316 e. The van der Waals surface area contributed by atoms with Gasteiger partial charge < -0.3 is 10.2 Å². The molecule has 0 saturated carbocycles. The van der Waals surface area contributed by atoms with E-state index in [1.165, 1.54) is 77.7 Å². The third kappa shape index (κ3) is 7.05. The Bertz CT molecular complexity index is 164. The molecule has 1 aliphatic heterocycles. The number of nitrogens with one attached hydrogen (secondary N) is 1. The molecule has 1 rings (SSSR count). The highest BCUT2D eigenvalue weighted by atomic mass is 15.1. The predicted molar refractivity (Wildman–Crippen MR) is 76.5 cm³/mol. The van der Waals surface area contributed by atoms with Crippen LogP contribution in [-0.4, -0.2) is 37.6 Å². The molecule has 0 aromatic heterocycles. The van der Waals surface area contributed by atoms with Crippen LogP contribution in [0.25, 0.3) is 0 Å². The zero-order chi connectivity index (χ0) is 12.3. The Morgan fingerprint density at radius 3 is 2.59 bits per heavy atom. The van der Waals surface area contributed by atoms with Crippen molar-refractivity contribution in [1.82, 2.24) is 10.2 Å². The van der Waals surface area contributed by atoms with E-state index < -0.39 is 0 Å². The van der Waals surface area contributed by atoms with Crippen LogP contribution in [0, 0.1) is 5.92 Å². The fourth-order valence-corrected chi connectivity index (χ4v) is 2.82. The summed E-state index contributed by atoms with van der Waals surface area (Å²) in [5, 5.41) is 3.53. The summed E-state index contributed by atoms with van der Waals surface area (Å²) < 4.78 is 0. The van der Waals surface area contributed by atoms with E-state index in [1.807, 2.05) is 0 Å². The topological polar surface area (TPSA) is 15.3 Å². The van der Waals surface area contributed by atoms with Gasteiger partial charge in [-0.3, -0.25) is 0 Å². The minimum absolute atomic E-state index is 0.904. The first-order valence-corrected chi connectivity index (χ1v) is 7.79. The van der Waals surface area contributed by atoms with Gasteiger partial charge in [0.2, 0.25) is 0 Å². The molecule has 1 atom stereocenters. The van der Waals surface area contributed by atoms with Crippen LogP contribution in [0.4, 0.5) is 0 Å². The van der Waals surface area contributed by atoms with Gasteiger partial charge in [-0.1, -0.05) is 33.1 Å². The molecule has 1 N–H and O–H groups in total.